The fourth-order valence-corrected chi connectivity index (χ4v) is 2.18. The lowest BCUT2D eigenvalue weighted by Gasteiger charge is -2.28. The summed E-state index contributed by atoms with van der Waals surface area (Å²) in [6.45, 7) is 1.97. The van der Waals surface area contributed by atoms with Gasteiger partial charge in [0.25, 0.3) is 0 Å². The monoisotopic (exact) mass is 244 g/mol. The second-order valence-corrected chi connectivity index (χ2v) is 5.00. The van der Waals surface area contributed by atoms with E-state index in [4.69, 9.17) is 22.9 Å². The Balaban J connectivity index is 2.26. The highest BCUT2D eigenvalue weighted by Crippen LogP contribution is 2.28. The van der Waals surface area contributed by atoms with E-state index in [9.17, 15) is 0 Å². The van der Waals surface area contributed by atoms with Crippen molar-refractivity contribution in [2.75, 3.05) is 11.5 Å². The zero-order chi connectivity index (χ0) is 13.3. The standard InChI is InChI=1S/C14H20N4/c1-9-10(2-3-12(16)13(9)17)8-14(18)6-4-11(15)5-7-14/h2-6H,7-8,15-18H2,1H3. The number of rotatable bonds is 2. The number of hydrogen-bond acceptors (Lipinski definition) is 4. The molecule has 2 rings (SSSR count). The molecule has 0 amide bonds. The quantitative estimate of drug-likeness (QED) is 0.587. The summed E-state index contributed by atoms with van der Waals surface area (Å²) in [5.41, 5.74) is 27.5. The number of benzene rings is 1. The Morgan fingerprint density at radius 1 is 1.22 bits per heavy atom. The summed E-state index contributed by atoms with van der Waals surface area (Å²) in [5.74, 6) is 0. The Morgan fingerprint density at radius 2 is 1.94 bits per heavy atom. The van der Waals surface area contributed by atoms with Crippen molar-refractivity contribution in [3.05, 3.63) is 47.2 Å². The van der Waals surface area contributed by atoms with E-state index in [1.807, 2.05) is 37.3 Å². The van der Waals surface area contributed by atoms with Crippen molar-refractivity contribution in [1.82, 2.24) is 0 Å². The SMILES string of the molecule is Cc1c(CC2(N)C=CC(N)=CC2)ccc(N)c1N. The third-order valence-electron chi connectivity index (χ3n) is 3.51. The lowest BCUT2D eigenvalue weighted by molar-refractivity contribution is 0.524. The number of hydrogen-bond donors (Lipinski definition) is 4. The molecule has 1 aliphatic rings. The Kier molecular flexibility index (Phi) is 3.05. The van der Waals surface area contributed by atoms with Gasteiger partial charge in [0.05, 0.1) is 11.4 Å². The van der Waals surface area contributed by atoms with Crippen LogP contribution in [0.3, 0.4) is 0 Å². The first-order valence-corrected chi connectivity index (χ1v) is 5.98. The molecule has 0 saturated heterocycles. The van der Waals surface area contributed by atoms with Crippen molar-refractivity contribution in [2.24, 2.45) is 11.5 Å². The molecule has 1 aromatic carbocycles. The summed E-state index contributed by atoms with van der Waals surface area (Å²) in [6.07, 6.45) is 7.24. The molecular weight excluding hydrogens is 224 g/mol. The molecular formula is C14H20N4. The molecule has 4 nitrogen and oxygen atoms in total. The van der Waals surface area contributed by atoms with Gasteiger partial charge in [-0.1, -0.05) is 18.2 Å². The fourth-order valence-electron chi connectivity index (χ4n) is 2.18. The predicted molar refractivity (Wildman–Crippen MR) is 76.7 cm³/mol. The number of allylic oxidation sites excluding steroid dienone is 1. The molecule has 1 unspecified atom stereocenters. The van der Waals surface area contributed by atoms with Gasteiger partial charge in [-0.2, -0.15) is 0 Å². The molecule has 0 spiro atoms. The molecule has 1 atom stereocenters. The van der Waals surface area contributed by atoms with Crippen molar-refractivity contribution < 1.29 is 0 Å². The summed E-state index contributed by atoms with van der Waals surface area (Å²) < 4.78 is 0. The van der Waals surface area contributed by atoms with Gasteiger partial charge in [0.2, 0.25) is 0 Å². The first-order valence-electron chi connectivity index (χ1n) is 5.98. The van der Waals surface area contributed by atoms with Crippen LogP contribution in [0.5, 0.6) is 0 Å². The van der Waals surface area contributed by atoms with Gasteiger partial charge in [-0.05, 0) is 43.0 Å². The molecule has 0 radical (unpaired) electrons. The highest BCUT2D eigenvalue weighted by atomic mass is 14.7. The van der Waals surface area contributed by atoms with Gasteiger partial charge in [0.1, 0.15) is 0 Å². The Bertz CT molecular complexity index is 531. The third kappa shape index (κ3) is 2.33. The van der Waals surface area contributed by atoms with Gasteiger partial charge in [-0.15, -0.1) is 0 Å². The van der Waals surface area contributed by atoms with E-state index in [1.54, 1.807) is 0 Å². The van der Waals surface area contributed by atoms with Crippen LogP contribution < -0.4 is 22.9 Å². The Labute approximate surface area is 107 Å². The van der Waals surface area contributed by atoms with Gasteiger partial charge in [0, 0.05) is 11.2 Å². The second kappa shape index (κ2) is 4.38. The van der Waals surface area contributed by atoms with Crippen LogP contribution in [0.2, 0.25) is 0 Å². The maximum Gasteiger partial charge on any atom is 0.0580 e. The van der Waals surface area contributed by atoms with E-state index in [1.165, 1.54) is 0 Å². The minimum absolute atomic E-state index is 0.393. The fraction of sp³-hybridized carbons (Fsp3) is 0.286. The number of anilines is 2. The van der Waals surface area contributed by atoms with E-state index in [0.29, 0.717) is 11.4 Å². The Morgan fingerprint density at radius 3 is 2.56 bits per heavy atom. The highest BCUT2D eigenvalue weighted by molar-refractivity contribution is 5.69. The van der Waals surface area contributed by atoms with Crippen molar-refractivity contribution in [3.8, 4) is 0 Å². The van der Waals surface area contributed by atoms with E-state index in [2.05, 4.69) is 0 Å². The summed E-state index contributed by atoms with van der Waals surface area (Å²) in [4.78, 5) is 0. The van der Waals surface area contributed by atoms with Crippen LogP contribution in [0.4, 0.5) is 11.4 Å². The molecule has 8 N–H and O–H groups in total. The molecule has 18 heavy (non-hydrogen) atoms. The maximum absolute atomic E-state index is 6.35. The molecule has 0 aromatic heterocycles. The maximum atomic E-state index is 6.35. The molecule has 0 saturated carbocycles. The predicted octanol–water partition coefficient (Wildman–Crippen LogP) is 1.20. The second-order valence-electron chi connectivity index (χ2n) is 5.00. The average molecular weight is 244 g/mol. The van der Waals surface area contributed by atoms with Gasteiger partial charge in [0.15, 0.2) is 0 Å². The van der Waals surface area contributed by atoms with Gasteiger partial charge in [-0.3, -0.25) is 0 Å². The number of nitrogens with two attached hydrogens (primary N) is 4. The van der Waals surface area contributed by atoms with Crippen molar-refractivity contribution >= 4 is 11.4 Å². The molecule has 4 heteroatoms. The Hall–Kier alpha value is -1.94. The summed E-state index contributed by atoms with van der Waals surface area (Å²) in [7, 11) is 0. The van der Waals surface area contributed by atoms with Crippen LogP contribution in [-0.2, 0) is 6.42 Å². The summed E-state index contributed by atoms with van der Waals surface area (Å²) in [5, 5.41) is 0. The van der Waals surface area contributed by atoms with E-state index < -0.39 is 5.54 Å². The molecule has 0 fully saturated rings. The third-order valence-corrected chi connectivity index (χ3v) is 3.51. The van der Waals surface area contributed by atoms with Gasteiger partial charge in [-0.25, -0.2) is 0 Å². The van der Waals surface area contributed by atoms with Crippen molar-refractivity contribution in [1.29, 1.82) is 0 Å². The minimum atomic E-state index is -0.393. The highest BCUT2D eigenvalue weighted by Gasteiger charge is 2.24. The molecule has 1 aliphatic carbocycles. The zero-order valence-electron chi connectivity index (χ0n) is 10.6. The van der Waals surface area contributed by atoms with Crippen LogP contribution in [0.25, 0.3) is 0 Å². The van der Waals surface area contributed by atoms with Crippen LogP contribution in [-0.4, -0.2) is 5.54 Å². The lowest BCUT2D eigenvalue weighted by Crippen LogP contribution is -2.41. The summed E-state index contributed by atoms with van der Waals surface area (Å²) in [6, 6.07) is 3.82. The average Bonchev–Trinajstić information content (AvgIpc) is 2.34. The molecule has 96 valence electrons. The molecule has 0 bridgehead atoms. The lowest BCUT2D eigenvalue weighted by atomic mass is 9.84. The first kappa shape index (κ1) is 12.5. The van der Waals surface area contributed by atoms with E-state index in [-0.39, 0.29) is 0 Å². The van der Waals surface area contributed by atoms with Crippen molar-refractivity contribution in [3.63, 3.8) is 0 Å². The van der Waals surface area contributed by atoms with Crippen LogP contribution in [0, 0.1) is 6.92 Å². The van der Waals surface area contributed by atoms with Gasteiger partial charge < -0.3 is 22.9 Å². The smallest absolute Gasteiger partial charge is 0.0580 e. The molecule has 0 heterocycles. The number of nitrogen functional groups attached to an aromatic ring is 2. The van der Waals surface area contributed by atoms with Crippen LogP contribution >= 0.6 is 0 Å². The largest absolute Gasteiger partial charge is 0.399 e. The zero-order valence-corrected chi connectivity index (χ0v) is 10.6. The minimum Gasteiger partial charge on any atom is -0.399 e. The van der Waals surface area contributed by atoms with Crippen molar-refractivity contribution in [2.45, 2.75) is 25.3 Å². The van der Waals surface area contributed by atoms with Crippen LogP contribution in [0.15, 0.2) is 36.1 Å². The topological polar surface area (TPSA) is 104 Å². The van der Waals surface area contributed by atoms with Crippen LogP contribution in [0.1, 0.15) is 17.5 Å². The first-order chi connectivity index (χ1) is 8.41. The molecule has 1 aromatic rings. The molecule has 0 aliphatic heterocycles. The summed E-state index contributed by atoms with van der Waals surface area (Å²) >= 11 is 0. The van der Waals surface area contributed by atoms with E-state index in [0.717, 1.165) is 29.7 Å². The van der Waals surface area contributed by atoms with E-state index >= 15 is 0 Å². The normalized spacial score (nSPS) is 22.9. The van der Waals surface area contributed by atoms with Gasteiger partial charge >= 0.3 is 0 Å².